The van der Waals surface area contributed by atoms with Gasteiger partial charge in [-0.05, 0) is 124 Å². The van der Waals surface area contributed by atoms with Crippen molar-refractivity contribution in [3.05, 3.63) is 197 Å². The van der Waals surface area contributed by atoms with Crippen molar-refractivity contribution < 1.29 is 20.1 Å². The molecule has 0 fully saturated rings. The normalized spacial score (nSPS) is 12.6. The standard InChI is InChI=1S/C56H50N.Ir/c1-38-32-46(43-25-17-22-41(34-43)21-10-6-5-9-18-40-19-11-7-12-20-40)33-39(2)55(38)45-29-31-53-50(35-45)49(42-23-13-8-14-24-42)37-54(57-53)44-28-30-48-47-26-15-16-27-51(47)56(3,4)52(48)36-44;/h7-8,11-17,19-20,22-27,29-37H,5-6,9-10,18,21H2,1-4H3;/q-1;. The Bertz CT molecular complexity index is 2700. The number of rotatable bonds is 11. The van der Waals surface area contributed by atoms with Gasteiger partial charge in [-0.15, -0.1) is 29.3 Å². The summed E-state index contributed by atoms with van der Waals surface area (Å²) in [5, 5.41) is 1.16. The van der Waals surface area contributed by atoms with Crippen LogP contribution < -0.4 is 0 Å². The summed E-state index contributed by atoms with van der Waals surface area (Å²) in [6.45, 7) is 9.18. The fourth-order valence-corrected chi connectivity index (χ4v) is 9.31. The first kappa shape index (κ1) is 39.4. The molecule has 8 aromatic rings. The number of hydrogen-bond donors (Lipinski definition) is 0. The quantitative estimate of drug-likeness (QED) is 0.0930. The molecule has 1 nitrogen and oxygen atoms in total. The van der Waals surface area contributed by atoms with Gasteiger partial charge in [-0.25, -0.2) is 0 Å². The van der Waals surface area contributed by atoms with E-state index in [2.05, 4.69) is 191 Å². The second-order valence-corrected chi connectivity index (χ2v) is 16.6. The van der Waals surface area contributed by atoms with Gasteiger partial charge in [-0.3, -0.25) is 4.98 Å². The number of fused-ring (bicyclic) bond motifs is 4. The van der Waals surface area contributed by atoms with E-state index in [-0.39, 0.29) is 25.5 Å². The van der Waals surface area contributed by atoms with Gasteiger partial charge in [0.1, 0.15) is 0 Å². The topological polar surface area (TPSA) is 12.9 Å². The molecule has 1 radical (unpaired) electrons. The smallest absolute Gasteiger partial charge is 0.0602 e. The Morgan fingerprint density at radius 1 is 0.500 bits per heavy atom. The van der Waals surface area contributed by atoms with Gasteiger partial charge in [0.05, 0.1) is 5.52 Å². The molecule has 289 valence electrons. The minimum atomic E-state index is -0.0827. The number of hydrogen-bond acceptors (Lipinski definition) is 1. The summed E-state index contributed by atoms with van der Waals surface area (Å²) in [5.74, 6) is 0. The van der Waals surface area contributed by atoms with Gasteiger partial charge in [0.25, 0.3) is 0 Å². The average molecular weight is 929 g/mol. The van der Waals surface area contributed by atoms with Crippen molar-refractivity contribution in [2.24, 2.45) is 0 Å². The van der Waals surface area contributed by atoms with Crippen molar-refractivity contribution in [2.75, 3.05) is 0 Å². The average Bonchev–Trinajstić information content (AvgIpc) is 3.47. The van der Waals surface area contributed by atoms with Crippen LogP contribution in [-0.4, -0.2) is 4.98 Å². The number of unbranched alkanes of at least 4 members (excludes halogenated alkanes) is 3. The maximum absolute atomic E-state index is 5.31. The van der Waals surface area contributed by atoms with E-state index in [9.17, 15) is 0 Å². The van der Waals surface area contributed by atoms with E-state index in [0.717, 1.165) is 28.6 Å². The van der Waals surface area contributed by atoms with E-state index in [0.29, 0.717) is 0 Å². The monoisotopic (exact) mass is 929 g/mol. The van der Waals surface area contributed by atoms with Crippen LogP contribution in [0.5, 0.6) is 0 Å². The van der Waals surface area contributed by atoms with Gasteiger partial charge < -0.3 is 0 Å². The number of aromatic nitrogens is 1. The first-order valence-electron chi connectivity index (χ1n) is 20.7. The van der Waals surface area contributed by atoms with Crippen LogP contribution in [0.1, 0.15) is 72.9 Å². The second kappa shape index (κ2) is 16.8. The minimum Gasteiger partial charge on any atom is -0.296 e. The van der Waals surface area contributed by atoms with Crippen LogP contribution in [0.15, 0.2) is 158 Å². The SMILES string of the molecule is Cc1cc(-c2cccc(CCCCCCc3ccccc3)c2)cc(C)c1-c1ccc2nc(-c3[c-]cc4c(c3)C(C)(C)c3ccccc3-4)cc(-c3ccccc3)c2c1.[Ir]. The fourth-order valence-electron chi connectivity index (χ4n) is 9.31. The molecule has 0 aliphatic heterocycles. The number of nitrogens with zero attached hydrogens (tertiary/aromatic N) is 1. The Hall–Kier alpha value is -5.40. The predicted molar refractivity (Wildman–Crippen MR) is 242 cm³/mol. The summed E-state index contributed by atoms with van der Waals surface area (Å²) >= 11 is 0. The second-order valence-electron chi connectivity index (χ2n) is 16.6. The van der Waals surface area contributed by atoms with Crippen LogP contribution in [0.2, 0.25) is 0 Å². The minimum absolute atomic E-state index is 0. The van der Waals surface area contributed by atoms with Gasteiger partial charge in [-0.2, -0.15) is 0 Å². The molecular formula is C56H50IrN-. The zero-order valence-electron chi connectivity index (χ0n) is 34.0. The molecule has 0 amide bonds. The molecule has 0 spiro atoms. The predicted octanol–water partition coefficient (Wildman–Crippen LogP) is 15.0. The third-order valence-electron chi connectivity index (χ3n) is 12.3. The molecule has 7 aromatic carbocycles. The Balaban J connectivity index is 0.00000469. The summed E-state index contributed by atoms with van der Waals surface area (Å²) in [6.07, 6.45) is 7.37. The van der Waals surface area contributed by atoms with Crippen molar-refractivity contribution in [3.63, 3.8) is 0 Å². The zero-order valence-corrected chi connectivity index (χ0v) is 36.4. The Kier molecular flexibility index (Phi) is 11.4. The molecule has 0 bridgehead atoms. The fraction of sp³-hybridized carbons (Fsp3) is 0.196. The van der Waals surface area contributed by atoms with Crippen LogP contribution >= 0.6 is 0 Å². The molecule has 1 aliphatic rings. The van der Waals surface area contributed by atoms with Crippen LogP contribution in [-0.2, 0) is 38.4 Å². The summed E-state index contributed by atoms with van der Waals surface area (Å²) in [4.78, 5) is 5.31. The zero-order chi connectivity index (χ0) is 38.9. The number of pyridine rings is 1. The maximum atomic E-state index is 5.31. The van der Waals surface area contributed by atoms with Gasteiger partial charge in [0.2, 0.25) is 0 Å². The summed E-state index contributed by atoms with van der Waals surface area (Å²) < 4.78 is 0. The molecule has 0 saturated carbocycles. The first-order chi connectivity index (χ1) is 27.8. The van der Waals surface area contributed by atoms with Gasteiger partial charge >= 0.3 is 0 Å². The largest absolute Gasteiger partial charge is 0.296 e. The number of aryl methyl sites for hydroxylation is 4. The van der Waals surface area contributed by atoms with E-state index >= 15 is 0 Å². The molecule has 0 N–H and O–H groups in total. The molecule has 2 heteroatoms. The van der Waals surface area contributed by atoms with E-state index in [1.165, 1.54) is 110 Å². The van der Waals surface area contributed by atoms with Crippen LogP contribution in [0.4, 0.5) is 0 Å². The summed E-state index contributed by atoms with van der Waals surface area (Å²) in [5.41, 5.74) is 21.1. The molecule has 0 atom stereocenters. The third-order valence-corrected chi connectivity index (χ3v) is 12.3. The summed E-state index contributed by atoms with van der Waals surface area (Å²) in [7, 11) is 0. The van der Waals surface area contributed by atoms with Crippen LogP contribution in [0.25, 0.3) is 66.7 Å². The van der Waals surface area contributed by atoms with E-state index < -0.39 is 0 Å². The first-order valence-corrected chi connectivity index (χ1v) is 20.7. The Morgan fingerprint density at radius 3 is 1.91 bits per heavy atom. The molecule has 0 saturated heterocycles. The van der Waals surface area contributed by atoms with E-state index in [1.807, 2.05) is 0 Å². The van der Waals surface area contributed by atoms with Crippen molar-refractivity contribution in [1.29, 1.82) is 0 Å². The van der Waals surface area contributed by atoms with Crippen molar-refractivity contribution in [1.82, 2.24) is 4.98 Å². The molecule has 0 unspecified atom stereocenters. The summed E-state index contributed by atoms with van der Waals surface area (Å²) in [6, 6.07) is 61.6. The molecule has 1 aliphatic carbocycles. The molecule has 58 heavy (non-hydrogen) atoms. The molecule has 1 heterocycles. The van der Waals surface area contributed by atoms with Crippen molar-refractivity contribution >= 4 is 10.9 Å². The third kappa shape index (κ3) is 7.77. The molecule has 1 aromatic heterocycles. The molecule has 9 rings (SSSR count). The van der Waals surface area contributed by atoms with Crippen molar-refractivity contribution in [2.45, 2.75) is 71.6 Å². The van der Waals surface area contributed by atoms with E-state index in [1.54, 1.807) is 0 Å². The van der Waals surface area contributed by atoms with Crippen molar-refractivity contribution in [3.8, 4) is 55.8 Å². The van der Waals surface area contributed by atoms with Crippen LogP contribution in [0.3, 0.4) is 0 Å². The maximum Gasteiger partial charge on any atom is 0.0602 e. The van der Waals surface area contributed by atoms with Gasteiger partial charge in [0, 0.05) is 25.5 Å². The Morgan fingerprint density at radius 2 is 1.16 bits per heavy atom. The molecular weight excluding hydrogens is 879 g/mol. The van der Waals surface area contributed by atoms with E-state index in [4.69, 9.17) is 4.98 Å². The van der Waals surface area contributed by atoms with Gasteiger partial charge in [0.15, 0.2) is 0 Å². The van der Waals surface area contributed by atoms with Crippen LogP contribution in [0, 0.1) is 19.9 Å². The van der Waals surface area contributed by atoms with Gasteiger partial charge in [-0.1, -0.05) is 171 Å². The number of benzene rings is 7. The Labute approximate surface area is 358 Å².